The fraction of sp³-hybridized carbons (Fsp3) is 0.312. The number of nitrogens with zero attached hydrogens (tertiary/aromatic N) is 3. The van der Waals surface area contributed by atoms with Gasteiger partial charge in [-0.25, -0.2) is 9.97 Å². The summed E-state index contributed by atoms with van der Waals surface area (Å²) in [6.07, 6.45) is -2.89. The number of pyridine rings is 1. The molecular weight excluding hydrogens is 319 g/mol. The van der Waals surface area contributed by atoms with Gasteiger partial charge >= 0.3 is 6.18 Å². The zero-order valence-corrected chi connectivity index (χ0v) is 13.1. The number of benzene rings is 1. The van der Waals surface area contributed by atoms with E-state index in [0.29, 0.717) is 34.8 Å². The molecule has 0 aliphatic carbocycles. The van der Waals surface area contributed by atoms with Crippen LogP contribution in [0.4, 0.5) is 19.0 Å². The maximum atomic E-state index is 12.8. The molecule has 5 nitrogen and oxygen atoms in total. The second-order valence-electron chi connectivity index (χ2n) is 5.74. The van der Waals surface area contributed by atoms with Crippen LogP contribution in [0.2, 0.25) is 0 Å². The number of fused-ring (bicyclic) bond motifs is 1. The van der Waals surface area contributed by atoms with Crippen molar-refractivity contribution in [3.8, 4) is 0 Å². The van der Waals surface area contributed by atoms with Crippen LogP contribution in [0, 0.1) is 0 Å². The second kappa shape index (κ2) is 6.10. The Hall–Kier alpha value is -2.64. The van der Waals surface area contributed by atoms with Crippen LogP contribution in [-0.2, 0) is 12.7 Å². The minimum atomic E-state index is -4.36. The van der Waals surface area contributed by atoms with Crippen molar-refractivity contribution in [3.63, 3.8) is 0 Å². The van der Waals surface area contributed by atoms with Crippen molar-refractivity contribution >= 4 is 16.6 Å². The van der Waals surface area contributed by atoms with Crippen molar-refractivity contribution in [2.75, 3.05) is 5.32 Å². The lowest BCUT2D eigenvalue weighted by atomic mass is 10.1. The van der Waals surface area contributed by atoms with Crippen LogP contribution >= 0.6 is 0 Å². The standard InChI is InChI=1S/C16H16F3N5/c1-9(2)14-22-13(23-24-14)8-21-15-12-4-3-11(16(17,18)19)7-10(12)5-6-20-15/h3-7,9H,8H2,1-2H3,(H,20,21)(H,22,23,24). The normalized spacial score (nSPS) is 12.1. The molecule has 3 aromatic rings. The molecule has 2 aromatic heterocycles. The third kappa shape index (κ3) is 3.32. The number of nitrogens with one attached hydrogen (secondary N) is 2. The second-order valence-corrected chi connectivity index (χ2v) is 5.74. The zero-order chi connectivity index (χ0) is 17.3. The van der Waals surface area contributed by atoms with Crippen molar-refractivity contribution in [2.24, 2.45) is 0 Å². The first-order valence-electron chi connectivity index (χ1n) is 7.45. The monoisotopic (exact) mass is 335 g/mol. The average molecular weight is 335 g/mol. The maximum absolute atomic E-state index is 12.8. The van der Waals surface area contributed by atoms with E-state index in [4.69, 9.17) is 0 Å². The van der Waals surface area contributed by atoms with Crippen LogP contribution in [0.5, 0.6) is 0 Å². The van der Waals surface area contributed by atoms with Gasteiger partial charge in [-0.2, -0.15) is 18.3 Å². The third-order valence-electron chi connectivity index (χ3n) is 3.58. The van der Waals surface area contributed by atoms with E-state index in [9.17, 15) is 13.2 Å². The van der Waals surface area contributed by atoms with Gasteiger partial charge in [0.25, 0.3) is 0 Å². The van der Waals surface area contributed by atoms with E-state index in [-0.39, 0.29) is 5.92 Å². The molecule has 1 aromatic carbocycles. The molecule has 3 rings (SSSR count). The Morgan fingerprint density at radius 1 is 1.21 bits per heavy atom. The molecule has 0 unspecified atom stereocenters. The molecule has 24 heavy (non-hydrogen) atoms. The van der Waals surface area contributed by atoms with E-state index in [1.807, 2.05) is 13.8 Å². The van der Waals surface area contributed by atoms with Crippen molar-refractivity contribution in [1.29, 1.82) is 0 Å². The van der Waals surface area contributed by atoms with E-state index in [1.54, 1.807) is 6.07 Å². The van der Waals surface area contributed by atoms with E-state index >= 15 is 0 Å². The van der Waals surface area contributed by atoms with Gasteiger partial charge in [-0.15, -0.1) is 0 Å². The first kappa shape index (κ1) is 16.2. The lowest BCUT2D eigenvalue weighted by Crippen LogP contribution is -2.06. The number of anilines is 1. The minimum Gasteiger partial charge on any atom is -0.362 e. The summed E-state index contributed by atoms with van der Waals surface area (Å²) in [4.78, 5) is 8.55. The predicted octanol–water partition coefficient (Wildman–Crippen LogP) is 4.11. The summed E-state index contributed by atoms with van der Waals surface area (Å²) in [5.74, 6) is 2.08. The van der Waals surface area contributed by atoms with Gasteiger partial charge in [0.15, 0.2) is 5.82 Å². The van der Waals surface area contributed by atoms with Crippen molar-refractivity contribution in [2.45, 2.75) is 32.5 Å². The van der Waals surface area contributed by atoms with Crippen LogP contribution in [0.15, 0.2) is 30.5 Å². The van der Waals surface area contributed by atoms with E-state index in [2.05, 4.69) is 25.5 Å². The third-order valence-corrected chi connectivity index (χ3v) is 3.58. The highest BCUT2D eigenvalue weighted by Gasteiger charge is 2.30. The molecule has 0 aliphatic heterocycles. The summed E-state index contributed by atoms with van der Waals surface area (Å²) in [6, 6.07) is 5.16. The van der Waals surface area contributed by atoms with Gasteiger partial charge in [-0.3, -0.25) is 5.10 Å². The summed E-state index contributed by atoms with van der Waals surface area (Å²) in [5, 5.41) is 11.1. The van der Waals surface area contributed by atoms with Gasteiger partial charge < -0.3 is 5.32 Å². The maximum Gasteiger partial charge on any atom is 0.416 e. The van der Waals surface area contributed by atoms with Crippen LogP contribution in [-0.4, -0.2) is 20.2 Å². The van der Waals surface area contributed by atoms with Gasteiger partial charge in [-0.05, 0) is 23.6 Å². The van der Waals surface area contributed by atoms with Crippen LogP contribution in [0.25, 0.3) is 10.8 Å². The molecule has 0 amide bonds. The van der Waals surface area contributed by atoms with Crippen molar-refractivity contribution in [1.82, 2.24) is 20.2 Å². The minimum absolute atomic E-state index is 0.214. The Balaban J connectivity index is 1.84. The fourth-order valence-electron chi connectivity index (χ4n) is 2.31. The number of hydrogen-bond donors (Lipinski definition) is 2. The molecule has 0 spiro atoms. The van der Waals surface area contributed by atoms with Gasteiger partial charge in [-0.1, -0.05) is 19.9 Å². The van der Waals surface area contributed by atoms with E-state index in [0.717, 1.165) is 12.1 Å². The highest BCUT2D eigenvalue weighted by atomic mass is 19.4. The molecule has 126 valence electrons. The highest BCUT2D eigenvalue weighted by molar-refractivity contribution is 5.92. The molecule has 0 saturated heterocycles. The molecule has 0 atom stereocenters. The summed E-state index contributed by atoms with van der Waals surface area (Å²) in [6.45, 7) is 4.34. The molecule has 0 saturated carbocycles. The Bertz CT molecular complexity index is 854. The number of aromatic amines is 1. The molecule has 0 radical (unpaired) electrons. The quantitative estimate of drug-likeness (QED) is 0.753. The molecule has 0 bridgehead atoms. The fourth-order valence-corrected chi connectivity index (χ4v) is 2.31. The lowest BCUT2D eigenvalue weighted by Gasteiger charge is -2.10. The summed E-state index contributed by atoms with van der Waals surface area (Å²) in [7, 11) is 0. The van der Waals surface area contributed by atoms with Gasteiger partial charge in [0.2, 0.25) is 0 Å². The molecule has 0 aliphatic rings. The predicted molar refractivity (Wildman–Crippen MR) is 84.5 cm³/mol. The molecule has 8 heteroatoms. The topological polar surface area (TPSA) is 66.5 Å². The van der Waals surface area contributed by atoms with Gasteiger partial charge in [0, 0.05) is 17.5 Å². The smallest absolute Gasteiger partial charge is 0.362 e. The van der Waals surface area contributed by atoms with Crippen molar-refractivity contribution < 1.29 is 13.2 Å². The summed E-state index contributed by atoms with van der Waals surface area (Å²) < 4.78 is 38.4. The van der Waals surface area contributed by atoms with E-state index in [1.165, 1.54) is 12.3 Å². The molecular formula is C16H16F3N5. The number of rotatable bonds is 4. The number of H-pyrrole nitrogens is 1. The molecule has 2 N–H and O–H groups in total. The Morgan fingerprint density at radius 2 is 2.00 bits per heavy atom. The van der Waals surface area contributed by atoms with Crippen LogP contribution < -0.4 is 5.32 Å². The SMILES string of the molecule is CC(C)c1n[nH]c(CNc2nccc3cc(C(F)(F)F)ccc23)n1. The summed E-state index contributed by atoms with van der Waals surface area (Å²) in [5.41, 5.74) is -0.677. The lowest BCUT2D eigenvalue weighted by molar-refractivity contribution is -0.137. The van der Waals surface area contributed by atoms with Gasteiger partial charge in [0.1, 0.15) is 11.6 Å². The number of alkyl halides is 3. The molecule has 2 heterocycles. The van der Waals surface area contributed by atoms with Crippen LogP contribution in [0.1, 0.15) is 37.0 Å². The first-order valence-corrected chi connectivity index (χ1v) is 7.45. The largest absolute Gasteiger partial charge is 0.416 e. The Kier molecular flexibility index (Phi) is 4.13. The zero-order valence-electron chi connectivity index (χ0n) is 13.1. The average Bonchev–Trinajstić information content (AvgIpc) is 3.00. The number of halogens is 3. The van der Waals surface area contributed by atoms with Gasteiger partial charge in [0.05, 0.1) is 12.1 Å². The molecule has 0 fully saturated rings. The Labute approximate surface area is 136 Å². The highest BCUT2D eigenvalue weighted by Crippen LogP contribution is 2.32. The first-order chi connectivity index (χ1) is 11.3. The van der Waals surface area contributed by atoms with E-state index < -0.39 is 11.7 Å². The van der Waals surface area contributed by atoms with Crippen molar-refractivity contribution in [3.05, 3.63) is 47.7 Å². The Morgan fingerprint density at radius 3 is 2.67 bits per heavy atom. The summed E-state index contributed by atoms with van der Waals surface area (Å²) >= 11 is 0. The number of aromatic nitrogens is 4. The number of hydrogen-bond acceptors (Lipinski definition) is 4. The van der Waals surface area contributed by atoms with Crippen LogP contribution in [0.3, 0.4) is 0 Å².